The van der Waals surface area contributed by atoms with Gasteiger partial charge in [-0.1, -0.05) is 0 Å². The molecule has 0 aromatic heterocycles. The number of benzene rings is 1. The predicted octanol–water partition coefficient (Wildman–Crippen LogP) is 0.471. The molecule has 0 aliphatic heterocycles. The maximum Gasteiger partial charge on any atom is 0.241 e. The highest BCUT2D eigenvalue weighted by Gasteiger charge is 2.24. The molecule has 1 atom stereocenters. The van der Waals surface area contributed by atoms with Crippen LogP contribution in [0.25, 0.3) is 0 Å². The number of carbonyl (C=O) groups is 1. The van der Waals surface area contributed by atoms with Crippen molar-refractivity contribution in [2.24, 2.45) is 0 Å². The van der Waals surface area contributed by atoms with Crippen LogP contribution < -0.4 is 10.5 Å². The lowest BCUT2D eigenvalue weighted by atomic mass is 10.2. The second kappa shape index (κ2) is 5.76. The summed E-state index contributed by atoms with van der Waals surface area (Å²) in [5.41, 5.74) is 5.28. The molecule has 3 N–H and O–H groups in total. The molecule has 1 amide bonds. The van der Waals surface area contributed by atoms with Crippen LogP contribution in [0.3, 0.4) is 0 Å². The van der Waals surface area contributed by atoms with Crippen molar-refractivity contribution in [1.82, 2.24) is 9.62 Å². The van der Waals surface area contributed by atoms with Gasteiger partial charge in [-0.05, 0) is 31.5 Å². The van der Waals surface area contributed by atoms with Crippen molar-refractivity contribution in [3.8, 4) is 0 Å². The third-order valence-corrected chi connectivity index (χ3v) is 4.23. The highest BCUT2D eigenvalue weighted by Crippen LogP contribution is 2.20. The van der Waals surface area contributed by atoms with E-state index in [0.717, 1.165) is 6.07 Å². The first-order valence-electron chi connectivity index (χ1n) is 5.85. The molecular formula is C12H18FN3O3S. The molecular weight excluding hydrogens is 285 g/mol. The van der Waals surface area contributed by atoms with Gasteiger partial charge >= 0.3 is 0 Å². The summed E-state index contributed by atoms with van der Waals surface area (Å²) in [5.74, 6) is -1.04. The Bertz CT molecular complexity index is 606. The molecule has 0 saturated carbocycles. The number of carbonyl (C=O) groups excluding carboxylic acids is 1. The van der Waals surface area contributed by atoms with Gasteiger partial charge in [0.25, 0.3) is 0 Å². The molecule has 1 aromatic carbocycles. The first-order valence-corrected chi connectivity index (χ1v) is 7.33. The summed E-state index contributed by atoms with van der Waals surface area (Å²) in [6.07, 6.45) is 0. The number of likely N-dealkylation sites (N-methyl/N-ethyl adjacent to an activating group) is 1. The smallest absolute Gasteiger partial charge is 0.241 e. The molecule has 0 bridgehead atoms. The quantitative estimate of drug-likeness (QED) is 0.791. The van der Waals surface area contributed by atoms with Crippen LogP contribution in [-0.2, 0) is 14.8 Å². The maximum absolute atomic E-state index is 13.4. The molecule has 0 heterocycles. The van der Waals surface area contributed by atoms with Gasteiger partial charge in [0.15, 0.2) is 0 Å². The molecule has 1 rings (SSSR count). The number of sulfonamides is 1. The normalized spacial score (nSPS) is 13.1. The van der Waals surface area contributed by atoms with Crippen molar-refractivity contribution in [3.05, 3.63) is 23.5 Å². The van der Waals surface area contributed by atoms with Crippen molar-refractivity contribution in [2.75, 3.05) is 19.8 Å². The Morgan fingerprint density at radius 2 is 1.95 bits per heavy atom. The highest BCUT2D eigenvalue weighted by atomic mass is 32.2. The Morgan fingerprint density at radius 3 is 2.40 bits per heavy atom. The summed E-state index contributed by atoms with van der Waals surface area (Å²) in [7, 11) is -0.902. The molecule has 0 saturated heterocycles. The zero-order valence-corrected chi connectivity index (χ0v) is 12.6. The number of hydrogen-bond acceptors (Lipinski definition) is 4. The van der Waals surface area contributed by atoms with Crippen LogP contribution in [0, 0.1) is 12.7 Å². The van der Waals surface area contributed by atoms with E-state index in [1.165, 1.54) is 38.9 Å². The Hall–Kier alpha value is -1.67. The van der Waals surface area contributed by atoms with Crippen molar-refractivity contribution in [3.63, 3.8) is 0 Å². The van der Waals surface area contributed by atoms with Crippen molar-refractivity contribution < 1.29 is 17.6 Å². The molecule has 20 heavy (non-hydrogen) atoms. The van der Waals surface area contributed by atoms with Crippen LogP contribution in [0.5, 0.6) is 0 Å². The van der Waals surface area contributed by atoms with E-state index in [4.69, 9.17) is 5.73 Å². The first kappa shape index (κ1) is 16.4. The molecule has 0 aliphatic rings. The van der Waals surface area contributed by atoms with Crippen LogP contribution in [0.4, 0.5) is 10.1 Å². The maximum atomic E-state index is 13.4. The summed E-state index contributed by atoms with van der Waals surface area (Å²) >= 11 is 0. The number of nitrogens with two attached hydrogens (primary N) is 1. The van der Waals surface area contributed by atoms with Crippen molar-refractivity contribution in [2.45, 2.75) is 24.8 Å². The van der Waals surface area contributed by atoms with Gasteiger partial charge in [0.05, 0.1) is 16.6 Å². The van der Waals surface area contributed by atoms with Gasteiger partial charge in [0, 0.05) is 14.1 Å². The van der Waals surface area contributed by atoms with E-state index in [-0.39, 0.29) is 22.1 Å². The molecule has 1 unspecified atom stereocenters. The molecule has 6 nitrogen and oxygen atoms in total. The number of nitrogen functional groups attached to an aromatic ring is 1. The Labute approximate surface area is 117 Å². The van der Waals surface area contributed by atoms with E-state index >= 15 is 0 Å². The third-order valence-electron chi connectivity index (χ3n) is 2.71. The molecule has 0 fully saturated rings. The van der Waals surface area contributed by atoms with E-state index < -0.39 is 21.9 Å². The lowest BCUT2D eigenvalue weighted by molar-refractivity contribution is -0.130. The minimum atomic E-state index is -3.94. The molecule has 0 radical (unpaired) electrons. The van der Waals surface area contributed by atoms with Gasteiger partial charge in [-0.2, -0.15) is 4.72 Å². The summed E-state index contributed by atoms with van der Waals surface area (Å²) in [4.78, 5) is 12.8. The van der Waals surface area contributed by atoms with Crippen LogP contribution in [0.2, 0.25) is 0 Å². The zero-order chi connectivity index (χ0) is 15.7. The number of anilines is 1. The van der Waals surface area contributed by atoms with Crippen LogP contribution >= 0.6 is 0 Å². The fourth-order valence-corrected chi connectivity index (χ4v) is 2.97. The van der Waals surface area contributed by atoms with Gasteiger partial charge in [0.1, 0.15) is 5.82 Å². The summed E-state index contributed by atoms with van der Waals surface area (Å²) in [6.45, 7) is 2.85. The van der Waals surface area contributed by atoms with E-state index in [9.17, 15) is 17.6 Å². The Balaban J connectivity index is 3.09. The lowest BCUT2D eigenvalue weighted by Crippen LogP contribution is -2.44. The van der Waals surface area contributed by atoms with E-state index in [1.807, 2.05) is 0 Å². The minimum Gasteiger partial charge on any atom is -0.396 e. The predicted molar refractivity (Wildman–Crippen MR) is 74.0 cm³/mol. The van der Waals surface area contributed by atoms with Crippen LogP contribution in [-0.4, -0.2) is 39.4 Å². The summed E-state index contributed by atoms with van der Waals surface area (Å²) in [5, 5.41) is 0. The average Bonchev–Trinajstić information content (AvgIpc) is 2.33. The average molecular weight is 303 g/mol. The number of halogens is 1. The monoisotopic (exact) mass is 303 g/mol. The molecule has 8 heteroatoms. The third kappa shape index (κ3) is 3.45. The van der Waals surface area contributed by atoms with Gasteiger partial charge in [0.2, 0.25) is 15.9 Å². The largest absolute Gasteiger partial charge is 0.396 e. The summed E-state index contributed by atoms with van der Waals surface area (Å²) < 4.78 is 39.9. The van der Waals surface area contributed by atoms with Gasteiger partial charge < -0.3 is 10.6 Å². The Morgan fingerprint density at radius 1 is 1.40 bits per heavy atom. The van der Waals surface area contributed by atoms with E-state index in [0.29, 0.717) is 0 Å². The van der Waals surface area contributed by atoms with E-state index in [2.05, 4.69) is 4.72 Å². The van der Waals surface area contributed by atoms with Crippen molar-refractivity contribution in [1.29, 1.82) is 0 Å². The fraction of sp³-hybridized carbons (Fsp3) is 0.417. The second-order valence-corrected chi connectivity index (χ2v) is 6.43. The van der Waals surface area contributed by atoms with Crippen LogP contribution in [0.15, 0.2) is 17.0 Å². The van der Waals surface area contributed by atoms with Gasteiger partial charge in [-0.3, -0.25) is 4.79 Å². The second-order valence-electron chi connectivity index (χ2n) is 4.72. The highest BCUT2D eigenvalue weighted by molar-refractivity contribution is 7.89. The number of aryl methyl sites for hydroxylation is 1. The van der Waals surface area contributed by atoms with Gasteiger partial charge in [-0.25, -0.2) is 12.8 Å². The standard InChI is InChI=1S/C12H18FN3O3S/c1-7-5-9(6-10(14)11(7)13)20(18,19)15-8(2)12(17)16(3)4/h5-6,8,15H,14H2,1-4H3. The topological polar surface area (TPSA) is 92.5 Å². The number of nitrogens with one attached hydrogen (secondary N) is 1. The zero-order valence-electron chi connectivity index (χ0n) is 11.8. The molecule has 112 valence electrons. The SMILES string of the molecule is Cc1cc(S(=O)(=O)NC(C)C(=O)N(C)C)cc(N)c1F. The van der Waals surface area contributed by atoms with Crippen LogP contribution in [0.1, 0.15) is 12.5 Å². The number of hydrogen-bond donors (Lipinski definition) is 2. The Kier molecular flexibility index (Phi) is 4.72. The van der Waals surface area contributed by atoms with E-state index in [1.54, 1.807) is 0 Å². The number of rotatable bonds is 4. The fourth-order valence-electron chi connectivity index (χ4n) is 1.66. The lowest BCUT2D eigenvalue weighted by Gasteiger charge is -2.18. The summed E-state index contributed by atoms with van der Waals surface area (Å²) in [6, 6.07) is 1.26. The first-order chi connectivity index (χ1) is 9.06. The van der Waals surface area contributed by atoms with Gasteiger partial charge in [-0.15, -0.1) is 0 Å². The number of amides is 1. The minimum absolute atomic E-state index is 0.122. The van der Waals surface area contributed by atoms with Crippen molar-refractivity contribution >= 4 is 21.6 Å². The molecule has 0 aliphatic carbocycles. The molecule has 0 spiro atoms. The molecule has 1 aromatic rings. The number of nitrogens with zero attached hydrogens (tertiary/aromatic N) is 1.